The van der Waals surface area contributed by atoms with Crippen molar-refractivity contribution in [2.75, 3.05) is 30.8 Å². The number of benzene rings is 1. The largest absolute Gasteiger partial charge is 0.453 e. The predicted molar refractivity (Wildman–Crippen MR) is 155 cm³/mol. The Morgan fingerprint density at radius 1 is 1.02 bits per heavy atom. The number of amides is 2. The summed E-state index contributed by atoms with van der Waals surface area (Å²) in [5, 5.41) is 10.2. The predicted octanol–water partition coefficient (Wildman–Crippen LogP) is 3.49. The Morgan fingerprint density at radius 3 is 2.38 bits per heavy atom. The molecule has 2 N–H and O–H groups in total. The second-order valence-corrected chi connectivity index (χ2v) is 11.8. The Hall–Kier alpha value is -4.88. The number of nitrogens with one attached hydrogen (secondary N) is 2. The summed E-state index contributed by atoms with van der Waals surface area (Å²) in [5.41, 5.74) is 3.15. The first-order valence-electron chi connectivity index (χ1n) is 13.6. The van der Waals surface area contributed by atoms with Crippen LogP contribution in [0, 0.1) is 11.8 Å². The number of rotatable bonds is 5. The third-order valence-corrected chi connectivity index (χ3v) is 7.59. The third-order valence-electron chi connectivity index (χ3n) is 7.59. The van der Waals surface area contributed by atoms with Crippen LogP contribution < -0.4 is 16.3 Å². The van der Waals surface area contributed by atoms with E-state index in [9.17, 15) is 14.4 Å². The lowest BCUT2D eigenvalue weighted by molar-refractivity contribution is 0.0266. The monoisotopic (exact) mass is 575 g/mol. The molecule has 1 saturated carbocycles. The number of ether oxygens (including phenoxy) is 2. The molecule has 0 spiro atoms. The fraction of sp³-hybridized carbons (Fsp3) is 0.429. The van der Waals surface area contributed by atoms with E-state index in [-0.39, 0.29) is 35.6 Å². The summed E-state index contributed by atoms with van der Waals surface area (Å²) in [6.45, 7) is 6.59. The molecule has 1 aliphatic heterocycles. The first-order chi connectivity index (χ1) is 19.9. The van der Waals surface area contributed by atoms with Gasteiger partial charge in [0.1, 0.15) is 11.1 Å². The maximum atomic E-state index is 13.3. The van der Waals surface area contributed by atoms with Gasteiger partial charge in [0.25, 0.3) is 0 Å². The van der Waals surface area contributed by atoms with Crippen molar-refractivity contribution < 1.29 is 19.1 Å². The van der Waals surface area contributed by atoms with Crippen molar-refractivity contribution in [3.05, 3.63) is 47.3 Å². The number of imidazole rings is 1. The topological polar surface area (TPSA) is 150 Å². The highest BCUT2D eigenvalue weighted by Gasteiger charge is 2.59. The van der Waals surface area contributed by atoms with Crippen LogP contribution in [-0.4, -0.2) is 71.8 Å². The van der Waals surface area contributed by atoms with Gasteiger partial charge in [0, 0.05) is 62.2 Å². The van der Waals surface area contributed by atoms with Gasteiger partial charge in [-0.1, -0.05) is 0 Å². The van der Waals surface area contributed by atoms with Crippen molar-refractivity contribution in [3.63, 3.8) is 0 Å². The molecule has 14 heteroatoms. The van der Waals surface area contributed by atoms with E-state index >= 15 is 0 Å². The number of aryl methyl sites for hydroxylation is 2. The highest BCUT2D eigenvalue weighted by atomic mass is 16.6. The highest BCUT2D eigenvalue weighted by molar-refractivity contribution is 5.88. The van der Waals surface area contributed by atoms with Gasteiger partial charge in [0.2, 0.25) is 5.95 Å². The molecular formula is C28H33N9O5. The Morgan fingerprint density at radius 2 is 1.74 bits per heavy atom. The van der Waals surface area contributed by atoms with E-state index in [1.807, 2.05) is 46.1 Å². The molecule has 0 radical (unpaired) electrons. The number of methoxy groups -OCH3 is 1. The molecule has 3 aromatic heterocycles. The summed E-state index contributed by atoms with van der Waals surface area (Å²) in [7, 11) is 4.82. The fourth-order valence-electron chi connectivity index (χ4n) is 5.62. The lowest BCUT2D eigenvalue weighted by Gasteiger charge is -2.26. The van der Waals surface area contributed by atoms with E-state index in [0.717, 1.165) is 11.1 Å². The SMILES string of the molecule is COC(=O)Nc1cc(Nc2ncc3c(n2)n(C2[C@H]4CN(C(=O)OC(C)(C)C)C[C@@H]24)c(=O)n3C)cc(-c2cnn(C)c2)c1. The Labute approximate surface area is 241 Å². The Bertz CT molecular complexity index is 1750. The minimum Gasteiger partial charge on any atom is -0.453 e. The third kappa shape index (κ3) is 5.03. The number of likely N-dealkylation sites (tertiary alicyclic amines) is 1. The molecule has 1 unspecified atom stereocenters. The van der Waals surface area contributed by atoms with Crippen LogP contribution in [0.3, 0.4) is 0 Å². The number of fused-ring (bicyclic) bond motifs is 2. The number of carbonyl (C=O) groups excluding carboxylic acids is 2. The van der Waals surface area contributed by atoms with E-state index in [0.29, 0.717) is 35.6 Å². The maximum Gasteiger partial charge on any atom is 0.411 e. The number of hydrogen-bond donors (Lipinski definition) is 2. The van der Waals surface area contributed by atoms with Crippen LogP contribution >= 0.6 is 0 Å². The first-order valence-corrected chi connectivity index (χ1v) is 13.6. The first kappa shape index (κ1) is 27.3. The summed E-state index contributed by atoms with van der Waals surface area (Å²) in [4.78, 5) is 48.7. The molecule has 4 aromatic rings. The summed E-state index contributed by atoms with van der Waals surface area (Å²) in [6.07, 6.45) is 4.27. The molecule has 3 atom stereocenters. The zero-order chi connectivity index (χ0) is 29.9. The van der Waals surface area contributed by atoms with E-state index < -0.39 is 11.7 Å². The Balaban J connectivity index is 1.28. The van der Waals surface area contributed by atoms with Gasteiger partial charge in [-0.25, -0.2) is 19.4 Å². The van der Waals surface area contributed by atoms with Crippen LogP contribution in [0.2, 0.25) is 0 Å². The quantitative estimate of drug-likeness (QED) is 0.364. The van der Waals surface area contributed by atoms with Crippen LogP contribution in [-0.2, 0) is 23.6 Å². The summed E-state index contributed by atoms with van der Waals surface area (Å²) >= 11 is 0. The molecule has 1 saturated heterocycles. The van der Waals surface area contributed by atoms with Gasteiger partial charge < -0.3 is 19.7 Å². The molecule has 4 heterocycles. The normalized spacial score (nSPS) is 19.5. The van der Waals surface area contributed by atoms with E-state index in [4.69, 9.17) is 14.5 Å². The number of hydrogen-bond acceptors (Lipinski definition) is 9. The van der Waals surface area contributed by atoms with Crippen molar-refractivity contribution in [1.82, 2.24) is 33.8 Å². The van der Waals surface area contributed by atoms with Gasteiger partial charge >= 0.3 is 17.9 Å². The summed E-state index contributed by atoms with van der Waals surface area (Å²) in [6, 6.07) is 5.37. The number of piperidine rings is 1. The second kappa shape index (κ2) is 9.89. The summed E-state index contributed by atoms with van der Waals surface area (Å²) < 4.78 is 15.2. The number of anilines is 3. The summed E-state index contributed by atoms with van der Waals surface area (Å²) in [5.74, 6) is 0.584. The number of aromatic nitrogens is 6. The molecule has 2 aliphatic rings. The lowest BCUT2D eigenvalue weighted by Crippen LogP contribution is -2.37. The van der Waals surface area contributed by atoms with Crippen molar-refractivity contribution in [3.8, 4) is 11.1 Å². The molecule has 42 heavy (non-hydrogen) atoms. The highest BCUT2D eigenvalue weighted by Crippen LogP contribution is 2.55. The second-order valence-electron chi connectivity index (χ2n) is 11.8. The molecule has 6 rings (SSSR count). The van der Waals surface area contributed by atoms with Crippen molar-refractivity contribution in [2.45, 2.75) is 32.4 Å². The molecule has 14 nitrogen and oxygen atoms in total. The van der Waals surface area contributed by atoms with Crippen molar-refractivity contribution in [1.29, 1.82) is 0 Å². The van der Waals surface area contributed by atoms with Crippen LogP contribution in [0.5, 0.6) is 0 Å². The van der Waals surface area contributed by atoms with Gasteiger partial charge in [-0.3, -0.25) is 19.1 Å². The Kier molecular flexibility index (Phi) is 6.43. The number of carbonyl (C=O) groups is 2. The van der Waals surface area contributed by atoms with E-state index in [1.54, 1.807) is 44.2 Å². The molecule has 0 bridgehead atoms. The van der Waals surface area contributed by atoms with Crippen LogP contribution in [0.25, 0.3) is 22.3 Å². The minimum absolute atomic E-state index is 0.0626. The van der Waals surface area contributed by atoms with Gasteiger partial charge in [-0.2, -0.15) is 10.1 Å². The maximum absolute atomic E-state index is 13.3. The molecule has 2 amide bonds. The van der Waals surface area contributed by atoms with Crippen LogP contribution in [0.15, 0.2) is 41.6 Å². The fourth-order valence-corrected chi connectivity index (χ4v) is 5.62. The van der Waals surface area contributed by atoms with Gasteiger partial charge in [-0.05, 0) is 44.5 Å². The van der Waals surface area contributed by atoms with Gasteiger partial charge in [0.05, 0.1) is 25.5 Å². The van der Waals surface area contributed by atoms with E-state index in [2.05, 4.69) is 20.7 Å². The molecule has 2 fully saturated rings. The number of nitrogens with zero attached hydrogens (tertiary/aromatic N) is 7. The molecular weight excluding hydrogens is 542 g/mol. The average molecular weight is 576 g/mol. The molecule has 1 aliphatic carbocycles. The smallest absolute Gasteiger partial charge is 0.411 e. The standard InChI is InChI=1S/C28H33N9O5/c1-28(2,3)42-27(40)36-13-19-20(14-36)22(19)37-23-21(35(5)26(37)39)11-29-24(33-23)31-17-7-15(16-10-30-34(4)12-16)8-18(9-17)32-25(38)41-6/h7-12,19-20,22H,13-14H2,1-6H3,(H,32,38)(H,29,31,33)/t19-,20+,22?. The van der Waals surface area contributed by atoms with Crippen LogP contribution in [0.4, 0.5) is 26.9 Å². The van der Waals surface area contributed by atoms with Crippen molar-refractivity contribution >= 4 is 40.7 Å². The van der Waals surface area contributed by atoms with Crippen molar-refractivity contribution in [2.24, 2.45) is 25.9 Å². The lowest BCUT2D eigenvalue weighted by atomic mass is 10.1. The van der Waals surface area contributed by atoms with Gasteiger partial charge in [0.15, 0.2) is 5.65 Å². The average Bonchev–Trinajstić information content (AvgIpc) is 3.25. The van der Waals surface area contributed by atoms with E-state index in [1.165, 1.54) is 7.11 Å². The van der Waals surface area contributed by atoms with Gasteiger partial charge in [-0.15, -0.1) is 0 Å². The zero-order valence-corrected chi connectivity index (χ0v) is 24.3. The van der Waals surface area contributed by atoms with Crippen LogP contribution in [0.1, 0.15) is 26.8 Å². The zero-order valence-electron chi connectivity index (χ0n) is 24.3. The molecule has 220 valence electrons. The minimum atomic E-state index is -0.601. The molecule has 1 aromatic carbocycles.